The minimum atomic E-state index is -1.96. The van der Waals surface area contributed by atoms with E-state index in [1.807, 2.05) is 0 Å². The van der Waals surface area contributed by atoms with Gasteiger partial charge < -0.3 is 61.3 Å². The first-order valence-corrected chi connectivity index (χ1v) is 14.0. The highest BCUT2D eigenvalue weighted by Crippen LogP contribution is 2.32. The molecular formula is C22H29N5O13S2. The zero-order valence-electron chi connectivity index (χ0n) is 21.8. The maximum atomic E-state index is 13.1. The first-order chi connectivity index (χ1) is 19.8. The molecule has 1 amide bonds. The van der Waals surface area contributed by atoms with Gasteiger partial charge in [-0.2, -0.15) is 0 Å². The highest BCUT2D eigenvalue weighted by atomic mass is 32.2. The van der Waals surface area contributed by atoms with E-state index in [1.165, 1.54) is 5.38 Å². The van der Waals surface area contributed by atoms with E-state index in [4.69, 9.17) is 25.2 Å². The number of aromatic nitrogens is 1. The number of cyclic esters (lactones) is 1. The van der Waals surface area contributed by atoms with Gasteiger partial charge in [-0.25, -0.2) is 19.4 Å². The Morgan fingerprint density at radius 3 is 2.57 bits per heavy atom. The second-order valence-electron chi connectivity index (χ2n) is 8.88. The summed E-state index contributed by atoms with van der Waals surface area (Å²) in [5.74, 6) is -4.00. The molecule has 0 bridgehead atoms. The lowest BCUT2D eigenvalue weighted by atomic mass is 10.0. The lowest BCUT2D eigenvalue weighted by Gasteiger charge is -2.29. The summed E-state index contributed by atoms with van der Waals surface area (Å²) in [6, 6.07) is -1.57. The van der Waals surface area contributed by atoms with Crippen LogP contribution in [0.1, 0.15) is 12.6 Å². The van der Waals surface area contributed by atoms with Gasteiger partial charge in [0, 0.05) is 16.7 Å². The van der Waals surface area contributed by atoms with E-state index in [0.717, 1.165) is 23.1 Å². The van der Waals surface area contributed by atoms with Gasteiger partial charge in [0.2, 0.25) is 6.61 Å². The third-order valence-electron chi connectivity index (χ3n) is 5.92. The molecule has 42 heavy (non-hydrogen) atoms. The van der Waals surface area contributed by atoms with Gasteiger partial charge in [0.05, 0.1) is 6.61 Å². The largest absolute Gasteiger partial charge is 0.480 e. The van der Waals surface area contributed by atoms with Crippen molar-refractivity contribution >= 4 is 57.8 Å². The normalized spacial score (nSPS) is 22.1. The Morgan fingerprint density at radius 1 is 1.26 bits per heavy atom. The summed E-state index contributed by atoms with van der Waals surface area (Å²) in [5, 5.41) is 66.2. The van der Waals surface area contributed by atoms with Crippen LogP contribution in [0.25, 0.3) is 0 Å². The number of nitrogens with two attached hydrogens (primary N) is 1. The quantitative estimate of drug-likeness (QED) is 0.0532. The molecule has 7 atom stereocenters. The van der Waals surface area contributed by atoms with Gasteiger partial charge in [0.1, 0.15) is 53.9 Å². The summed E-state index contributed by atoms with van der Waals surface area (Å²) in [6.07, 6.45) is -7.95. The van der Waals surface area contributed by atoms with Crippen LogP contribution in [0.2, 0.25) is 0 Å². The summed E-state index contributed by atoms with van der Waals surface area (Å²) in [6.45, 7) is -0.971. The van der Waals surface area contributed by atoms with Crippen LogP contribution in [0.15, 0.2) is 21.8 Å². The smallest absolute Gasteiger partial charge is 0.355 e. The molecule has 0 spiro atoms. The number of thioether (sulfide) groups is 1. The molecule has 0 saturated heterocycles. The van der Waals surface area contributed by atoms with E-state index in [9.17, 15) is 44.7 Å². The molecule has 0 fully saturated rings. The van der Waals surface area contributed by atoms with E-state index >= 15 is 0 Å². The van der Waals surface area contributed by atoms with Crippen molar-refractivity contribution < 1.29 is 64.1 Å². The Hall–Kier alpha value is -3.53. The highest BCUT2D eigenvalue weighted by molar-refractivity contribution is 8.00. The molecule has 18 nitrogen and oxygen atoms in total. The number of thiazole rings is 1. The Bertz CT molecular complexity index is 1240. The van der Waals surface area contributed by atoms with Crippen molar-refractivity contribution in [3.8, 4) is 0 Å². The van der Waals surface area contributed by atoms with Crippen LogP contribution in [-0.4, -0.2) is 133 Å². The number of amides is 1. The highest BCUT2D eigenvalue weighted by Gasteiger charge is 2.41. The molecule has 2 aliphatic heterocycles. The van der Waals surface area contributed by atoms with Crippen molar-refractivity contribution in [1.29, 1.82) is 0 Å². The molecule has 3 heterocycles. The Balaban J connectivity index is 1.64. The number of nitrogens with one attached hydrogen (secondary N) is 2. The van der Waals surface area contributed by atoms with Crippen LogP contribution >= 0.6 is 23.1 Å². The minimum absolute atomic E-state index is 0.0404. The number of carbonyl (C=O) groups is 4. The third kappa shape index (κ3) is 8.06. The molecule has 0 saturated carbocycles. The molecule has 2 aliphatic rings. The molecule has 20 heteroatoms. The average Bonchev–Trinajstić information content (AvgIpc) is 3.52. The van der Waals surface area contributed by atoms with Gasteiger partial charge in [0.25, 0.3) is 5.91 Å². The van der Waals surface area contributed by atoms with Gasteiger partial charge in [-0.3, -0.25) is 4.79 Å². The predicted octanol–water partition coefficient (Wildman–Crippen LogP) is -4.14. The van der Waals surface area contributed by atoms with E-state index < -0.39 is 91.3 Å². The first-order valence-electron chi connectivity index (χ1n) is 12.1. The number of rotatable bonds is 14. The maximum Gasteiger partial charge on any atom is 0.355 e. The van der Waals surface area contributed by atoms with Gasteiger partial charge in [0.15, 0.2) is 16.9 Å². The molecule has 1 aromatic heterocycles. The van der Waals surface area contributed by atoms with Crippen LogP contribution < -0.4 is 16.4 Å². The Labute approximate surface area is 245 Å². The van der Waals surface area contributed by atoms with Crippen LogP contribution in [0, 0.1) is 0 Å². The number of aliphatic carboxylic acids is 1. The number of aliphatic hydroxyl groups is 5. The Morgan fingerprint density at radius 2 is 1.95 bits per heavy atom. The van der Waals surface area contributed by atoms with Crippen molar-refractivity contribution in [2.24, 2.45) is 5.16 Å². The van der Waals surface area contributed by atoms with Crippen molar-refractivity contribution in [2.75, 3.05) is 31.3 Å². The number of hydrogen-bond acceptors (Lipinski definition) is 18. The number of ether oxygens (including phenoxy) is 2. The van der Waals surface area contributed by atoms with Crippen LogP contribution in [0.3, 0.4) is 0 Å². The predicted molar refractivity (Wildman–Crippen MR) is 143 cm³/mol. The summed E-state index contributed by atoms with van der Waals surface area (Å²) >= 11 is 2.07. The van der Waals surface area contributed by atoms with Crippen LogP contribution in [-0.2, 0) is 33.5 Å². The average molecular weight is 636 g/mol. The zero-order chi connectivity index (χ0) is 31.1. The molecule has 0 aromatic carbocycles. The number of oxime groups is 1. The number of nitrogen functional groups attached to an aromatic ring is 1. The van der Waals surface area contributed by atoms with Crippen LogP contribution in [0.4, 0.5) is 5.13 Å². The molecule has 3 rings (SSSR count). The number of aliphatic hydroxyl groups excluding tert-OH is 5. The second kappa shape index (κ2) is 14.6. The number of carboxylic acids is 1. The summed E-state index contributed by atoms with van der Waals surface area (Å²) in [4.78, 5) is 58.1. The summed E-state index contributed by atoms with van der Waals surface area (Å²) in [5.41, 5.74) is 5.77. The van der Waals surface area contributed by atoms with Crippen molar-refractivity contribution in [3.63, 3.8) is 0 Å². The lowest BCUT2D eigenvalue weighted by molar-refractivity contribution is -0.160. The molecule has 0 radical (unpaired) electrons. The van der Waals surface area contributed by atoms with E-state index in [0.29, 0.717) is 5.57 Å². The zero-order valence-corrected chi connectivity index (χ0v) is 23.4. The topological polar surface area (TPSA) is 293 Å². The number of hydrogen-bond donors (Lipinski definition) is 9. The fourth-order valence-electron chi connectivity index (χ4n) is 3.62. The molecule has 2 unspecified atom stereocenters. The summed E-state index contributed by atoms with van der Waals surface area (Å²) < 4.78 is 9.84. The van der Waals surface area contributed by atoms with Crippen molar-refractivity contribution in [1.82, 2.24) is 15.6 Å². The number of nitrogens with zero attached hydrogens (tertiary/aromatic N) is 2. The molecular weight excluding hydrogens is 606 g/mol. The van der Waals surface area contributed by atoms with Gasteiger partial charge >= 0.3 is 17.9 Å². The number of carboxylic acid groups (broad SMARTS) is 1. The number of carbonyl (C=O) groups excluding carboxylic acids is 3. The monoisotopic (exact) mass is 635 g/mol. The number of anilines is 1. The standard InChI is InChI=1S/C22H29N5O13S2/c1-7-8-5-41-19(26-13(8)21(37)40-7)15(20(35)36)25-18(34)14(9-6-42-22(23)24-9)27-39-4-12(31)38-3-11(30)17(33)16(32)10(29)2-28/h6-7,10-11,15-17,19,26,28-30,32-33H,2-5H2,1H3,(H2,23,24)(H,25,34)(H,35,36)/b27-14-/t7?,10-,11-,15?,16-,17-,19-/m1/s1. The maximum absolute atomic E-state index is 13.1. The molecule has 10 N–H and O–H groups in total. The fourth-order valence-corrected chi connectivity index (χ4v) is 5.48. The minimum Gasteiger partial charge on any atom is -0.480 e. The van der Waals surface area contributed by atoms with E-state index in [-0.39, 0.29) is 22.3 Å². The van der Waals surface area contributed by atoms with Gasteiger partial charge in [-0.15, -0.1) is 23.1 Å². The molecule has 0 aliphatic carbocycles. The van der Waals surface area contributed by atoms with E-state index in [1.54, 1.807) is 6.92 Å². The van der Waals surface area contributed by atoms with E-state index in [2.05, 4.69) is 20.8 Å². The third-order valence-corrected chi connectivity index (χ3v) is 7.82. The lowest BCUT2D eigenvalue weighted by Crippen LogP contribution is -2.55. The van der Waals surface area contributed by atoms with Crippen molar-refractivity contribution in [2.45, 2.75) is 48.9 Å². The SMILES string of the molecule is CC1OC(=O)C2=C1CS[C@H](C(NC(=O)/C(=N\OCC(=O)OC[C@@H](O)[C@@H](O)[C@H](O)[C@H](O)CO)c1csc(N)n1)C(=O)O)N2. The second-order valence-corrected chi connectivity index (χ2v) is 10.9. The molecule has 1 aromatic rings. The number of esters is 2. The summed E-state index contributed by atoms with van der Waals surface area (Å²) in [7, 11) is 0. The molecule has 232 valence electrons. The Kier molecular flexibility index (Phi) is 11.4. The first kappa shape index (κ1) is 33.0. The van der Waals surface area contributed by atoms with Crippen LogP contribution in [0.5, 0.6) is 0 Å². The van der Waals surface area contributed by atoms with Crippen molar-refractivity contribution in [3.05, 3.63) is 22.3 Å². The fraction of sp³-hybridized carbons (Fsp3) is 0.545. The van der Waals surface area contributed by atoms with Gasteiger partial charge in [-0.1, -0.05) is 5.16 Å². The van der Waals surface area contributed by atoms with Gasteiger partial charge in [-0.05, 0) is 6.92 Å².